The number of hydrogen-bond donors (Lipinski definition) is 2. The second-order valence-corrected chi connectivity index (χ2v) is 3.13. The average molecular weight is 237 g/mol. The Bertz CT molecular complexity index is 428. The van der Waals surface area contributed by atoms with Gasteiger partial charge >= 0.3 is 6.18 Å². The lowest BCUT2D eigenvalue weighted by molar-refractivity contribution is -0.177. The molecule has 1 heterocycles. The van der Waals surface area contributed by atoms with E-state index in [1.165, 1.54) is 6.92 Å². The third-order valence-electron chi connectivity index (χ3n) is 1.74. The molecular formula is C8H10F3N3O2. The van der Waals surface area contributed by atoms with Crippen molar-refractivity contribution in [2.24, 2.45) is 0 Å². The molecular weight excluding hydrogens is 227 g/mol. The standard InChI is InChI=1S/C8H10F3N3O2/c1-4-6(12)13-5(14-7(4)15)2-16-3-8(9,10)11/h2-3H2,1H3,(H3,12,13,14,15). The summed E-state index contributed by atoms with van der Waals surface area (Å²) in [7, 11) is 0. The van der Waals surface area contributed by atoms with Gasteiger partial charge in [0.25, 0.3) is 5.56 Å². The van der Waals surface area contributed by atoms with Gasteiger partial charge in [-0.2, -0.15) is 13.2 Å². The number of nitrogens with one attached hydrogen (secondary N) is 1. The predicted octanol–water partition coefficient (Wildman–Crippen LogP) is 0.739. The van der Waals surface area contributed by atoms with Crippen LogP contribution in [-0.2, 0) is 11.3 Å². The zero-order valence-corrected chi connectivity index (χ0v) is 8.39. The Balaban J connectivity index is 2.66. The van der Waals surface area contributed by atoms with Gasteiger partial charge in [0.15, 0.2) is 0 Å². The third kappa shape index (κ3) is 3.54. The molecule has 0 saturated heterocycles. The van der Waals surface area contributed by atoms with Crippen molar-refractivity contribution < 1.29 is 17.9 Å². The third-order valence-corrected chi connectivity index (χ3v) is 1.74. The number of aromatic nitrogens is 2. The minimum absolute atomic E-state index is 0.0191. The first-order chi connectivity index (χ1) is 7.29. The molecule has 0 bridgehead atoms. The highest BCUT2D eigenvalue weighted by atomic mass is 19.4. The van der Waals surface area contributed by atoms with Crippen molar-refractivity contribution in [2.45, 2.75) is 19.7 Å². The Kier molecular flexibility index (Phi) is 3.53. The SMILES string of the molecule is Cc1c(N)nc(COCC(F)(F)F)[nH]c1=O. The van der Waals surface area contributed by atoms with Gasteiger partial charge in [-0.05, 0) is 6.92 Å². The predicted molar refractivity (Wildman–Crippen MR) is 49.7 cm³/mol. The molecule has 0 spiro atoms. The summed E-state index contributed by atoms with van der Waals surface area (Å²) in [6.45, 7) is -0.384. The Hall–Kier alpha value is -1.57. The van der Waals surface area contributed by atoms with Gasteiger partial charge in [0.2, 0.25) is 0 Å². The molecule has 90 valence electrons. The van der Waals surface area contributed by atoms with E-state index in [1.54, 1.807) is 0 Å². The van der Waals surface area contributed by atoms with E-state index in [0.717, 1.165) is 0 Å². The van der Waals surface area contributed by atoms with E-state index in [-0.39, 0.29) is 17.2 Å². The first-order valence-corrected chi connectivity index (χ1v) is 4.29. The smallest absolute Gasteiger partial charge is 0.383 e. The maximum absolute atomic E-state index is 11.7. The van der Waals surface area contributed by atoms with Gasteiger partial charge in [0, 0.05) is 0 Å². The molecule has 1 aromatic heterocycles. The monoisotopic (exact) mass is 237 g/mol. The van der Waals surface area contributed by atoms with Crippen molar-refractivity contribution in [1.29, 1.82) is 0 Å². The molecule has 0 saturated carbocycles. The molecule has 0 radical (unpaired) electrons. The molecule has 8 heteroatoms. The number of aromatic amines is 1. The molecule has 0 aliphatic heterocycles. The number of ether oxygens (including phenoxy) is 1. The Labute approximate surface area is 88.4 Å². The van der Waals surface area contributed by atoms with Crippen molar-refractivity contribution in [3.8, 4) is 0 Å². The minimum atomic E-state index is -4.41. The van der Waals surface area contributed by atoms with Crippen molar-refractivity contribution in [1.82, 2.24) is 9.97 Å². The fraction of sp³-hybridized carbons (Fsp3) is 0.500. The van der Waals surface area contributed by atoms with Crippen LogP contribution in [-0.4, -0.2) is 22.8 Å². The van der Waals surface area contributed by atoms with Crippen LogP contribution >= 0.6 is 0 Å². The van der Waals surface area contributed by atoms with Crippen LogP contribution in [0, 0.1) is 6.92 Å². The van der Waals surface area contributed by atoms with Crippen molar-refractivity contribution in [3.05, 3.63) is 21.7 Å². The number of halogens is 3. The van der Waals surface area contributed by atoms with E-state index in [1.807, 2.05) is 0 Å². The van der Waals surface area contributed by atoms with Crippen LogP contribution in [0.15, 0.2) is 4.79 Å². The largest absolute Gasteiger partial charge is 0.411 e. The van der Waals surface area contributed by atoms with Crippen LogP contribution in [0.1, 0.15) is 11.4 Å². The Morgan fingerprint density at radius 2 is 2.12 bits per heavy atom. The molecule has 0 amide bonds. The Morgan fingerprint density at radius 1 is 1.50 bits per heavy atom. The quantitative estimate of drug-likeness (QED) is 0.812. The number of hydrogen-bond acceptors (Lipinski definition) is 4. The van der Waals surface area contributed by atoms with Crippen molar-refractivity contribution >= 4 is 5.82 Å². The van der Waals surface area contributed by atoms with Gasteiger partial charge in [-0.15, -0.1) is 0 Å². The summed E-state index contributed by atoms with van der Waals surface area (Å²) in [5, 5.41) is 0. The number of nitrogen functional groups attached to an aromatic ring is 1. The van der Waals surface area contributed by atoms with Crippen LogP contribution in [0.2, 0.25) is 0 Å². The normalized spacial score (nSPS) is 11.8. The Morgan fingerprint density at radius 3 is 2.62 bits per heavy atom. The summed E-state index contributed by atoms with van der Waals surface area (Å²) < 4.78 is 39.5. The van der Waals surface area contributed by atoms with E-state index in [4.69, 9.17) is 5.73 Å². The maximum atomic E-state index is 11.7. The number of nitrogens with zero attached hydrogens (tertiary/aromatic N) is 1. The molecule has 0 aliphatic rings. The maximum Gasteiger partial charge on any atom is 0.411 e. The molecule has 1 rings (SSSR count). The molecule has 16 heavy (non-hydrogen) atoms. The van der Waals surface area contributed by atoms with Gasteiger partial charge < -0.3 is 15.5 Å². The first kappa shape index (κ1) is 12.5. The van der Waals surface area contributed by atoms with Crippen molar-refractivity contribution in [3.63, 3.8) is 0 Å². The second kappa shape index (κ2) is 4.52. The fourth-order valence-corrected chi connectivity index (χ4v) is 0.930. The molecule has 0 aromatic carbocycles. The summed E-state index contributed by atoms with van der Waals surface area (Å²) in [6, 6.07) is 0. The topological polar surface area (TPSA) is 81.0 Å². The summed E-state index contributed by atoms with van der Waals surface area (Å²) in [6.07, 6.45) is -4.41. The highest BCUT2D eigenvalue weighted by Crippen LogP contribution is 2.15. The molecule has 0 fully saturated rings. The number of anilines is 1. The van der Waals surface area contributed by atoms with Crippen molar-refractivity contribution in [2.75, 3.05) is 12.3 Å². The van der Waals surface area contributed by atoms with Gasteiger partial charge in [-0.25, -0.2) is 4.98 Å². The number of rotatable bonds is 3. The minimum Gasteiger partial charge on any atom is -0.383 e. The fourth-order valence-electron chi connectivity index (χ4n) is 0.930. The molecule has 3 N–H and O–H groups in total. The zero-order valence-electron chi connectivity index (χ0n) is 8.39. The number of H-pyrrole nitrogens is 1. The average Bonchev–Trinajstić information content (AvgIpc) is 2.12. The molecule has 1 aromatic rings. The highest BCUT2D eigenvalue weighted by molar-refractivity contribution is 5.35. The molecule has 5 nitrogen and oxygen atoms in total. The van der Waals surface area contributed by atoms with Crippen LogP contribution in [0.4, 0.5) is 19.0 Å². The summed E-state index contributed by atoms with van der Waals surface area (Å²) in [4.78, 5) is 17.1. The lowest BCUT2D eigenvalue weighted by atomic mass is 10.3. The van der Waals surface area contributed by atoms with Crippen LogP contribution in [0.5, 0.6) is 0 Å². The van der Waals surface area contributed by atoms with E-state index in [2.05, 4.69) is 14.7 Å². The summed E-state index contributed by atoms with van der Waals surface area (Å²) in [5.74, 6) is -0.0493. The van der Waals surface area contributed by atoms with E-state index in [9.17, 15) is 18.0 Å². The molecule has 0 atom stereocenters. The van der Waals surface area contributed by atoms with Gasteiger partial charge in [0.1, 0.15) is 24.9 Å². The van der Waals surface area contributed by atoms with Crippen LogP contribution in [0.3, 0.4) is 0 Å². The first-order valence-electron chi connectivity index (χ1n) is 4.29. The van der Waals surface area contributed by atoms with Crippen LogP contribution < -0.4 is 11.3 Å². The van der Waals surface area contributed by atoms with E-state index < -0.39 is 24.9 Å². The summed E-state index contributed by atoms with van der Waals surface area (Å²) >= 11 is 0. The van der Waals surface area contributed by atoms with Crippen LogP contribution in [0.25, 0.3) is 0 Å². The van der Waals surface area contributed by atoms with E-state index >= 15 is 0 Å². The van der Waals surface area contributed by atoms with Gasteiger partial charge in [-0.1, -0.05) is 0 Å². The number of nitrogens with two attached hydrogens (primary N) is 1. The van der Waals surface area contributed by atoms with E-state index in [0.29, 0.717) is 0 Å². The lowest BCUT2D eigenvalue weighted by Gasteiger charge is -2.07. The van der Waals surface area contributed by atoms with Gasteiger partial charge in [0.05, 0.1) is 5.56 Å². The van der Waals surface area contributed by atoms with Gasteiger partial charge in [-0.3, -0.25) is 4.79 Å². The molecule has 0 unspecified atom stereocenters. The number of alkyl halides is 3. The second-order valence-electron chi connectivity index (χ2n) is 3.13. The molecule has 0 aliphatic carbocycles. The summed E-state index contributed by atoms with van der Waals surface area (Å²) in [5.41, 5.74) is 5.10. The lowest BCUT2D eigenvalue weighted by Crippen LogP contribution is -2.20. The highest BCUT2D eigenvalue weighted by Gasteiger charge is 2.27. The zero-order chi connectivity index (χ0) is 12.3.